The van der Waals surface area contributed by atoms with Crippen LogP contribution in [-0.4, -0.2) is 23.9 Å². The van der Waals surface area contributed by atoms with E-state index in [1.807, 2.05) is 11.8 Å². The molecule has 0 saturated heterocycles. The zero-order valence-corrected chi connectivity index (χ0v) is 12.9. The molecule has 22 heavy (non-hydrogen) atoms. The Hall–Kier alpha value is -1.79. The minimum Gasteiger partial charge on any atom is -0.320 e. The van der Waals surface area contributed by atoms with Gasteiger partial charge in [-0.1, -0.05) is 6.07 Å². The maximum Gasteiger partial charge on any atom is 0.238 e. The summed E-state index contributed by atoms with van der Waals surface area (Å²) >= 11 is 1.73. The number of halogens is 2. The summed E-state index contributed by atoms with van der Waals surface area (Å²) in [5.74, 6) is -1.94. The Morgan fingerprint density at radius 2 is 2.09 bits per heavy atom. The number of fused-ring (bicyclic) bond motifs is 1. The minimum absolute atomic E-state index is 0.115. The molecular weight excluding hydrogens is 306 g/mol. The van der Waals surface area contributed by atoms with E-state index in [0.717, 1.165) is 25.1 Å². The number of hydrogen-bond donors (Lipinski definition) is 1. The SMILES string of the molecule is CC1c2ccsc2CCN1CC(=O)Nc1c(F)cccc1F. The third-order valence-electron chi connectivity index (χ3n) is 3.98. The second kappa shape index (κ2) is 6.14. The van der Waals surface area contributed by atoms with Gasteiger partial charge in [0.1, 0.15) is 17.3 Å². The number of thiophene rings is 1. The summed E-state index contributed by atoms with van der Waals surface area (Å²) in [4.78, 5) is 15.5. The molecule has 1 aliphatic heterocycles. The van der Waals surface area contributed by atoms with Crippen LogP contribution >= 0.6 is 11.3 Å². The molecule has 0 spiro atoms. The molecule has 6 heteroatoms. The summed E-state index contributed by atoms with van der Waals surface area (Å²) in [6.45, 7) is 2.92. The van der Waals surface area contributed by atoms with Crippen LogP contribution in [0.1, 0.15) is 23.4 Å². The lowest BCUT2D eigenvalue weighted by Crippen LogP contribution is -2.39. The van der Waals surface area contributed by atoms with Crippen molar-refractivity contribution in [3.8, 4) is 0 Å². The maximum absolute atomic E-state index is 13.6. The minimum atomic E-state index is -0.764. The van der Waals surface area contributed by atoms with Gasteiger partial charge in [0.2, 0.25) is 5.91 Å². The summed E-state index contributed by atoms with van der Waals surface area (Å²) in [5.41, 5.74) is 0.856. The van der Waals surface area contributed by atoms with Crippen molar-refractivity contribution in [1.29, 1.82) is 0 Å². The molecule has 116 valence electrons. The van der Waals surface area contributed by atoms with Crippen LogP contribution in [0.15, 0.2) is 29.6 Å². The Bertz CT molecular complexity index is 681. The normalized spacial score (nSPS) is 18.0. The van der Waals surface area contributed by atoms with Crippen LogP contribution in [0.5, 0.6) is 0 Å². The molecule has 0 bridgehead atoms. The summed E-state index contributed by atoms with van der Waals surface area (Å²) in [6, 6.07) is 5.72. The molecule has 0 saturated carbocycles. The van der Waals surface area contributed by atoms with Crippen molar-refractivity contribution in [2.24, 2.45) is 0 Å². The first-order valence-electron chi connectivity index (χ1n) is 7.10. The van der Waals surface area contributed by atoms with Gasteiger partial charge in [0.25, 0.3) is 0 Å². The van der Waals surface area contributed by atoms with E-state index in [9.17, 15) is 13.6 Å². The Kier molecular flexibility index (Phi) is 4.22. The average Bonchev–Trinajstić information content (AvgIpc) is 2.95. The van der Waals surface area contributed by atoms with Gasteiger partial charge in [0.15, 0.2) is 0 Å². The molecule has 0 radical (unpaired) electrons. The average molecular weight is 322 g/mol. The molecule has 0 aliphatic carbocycles. The highest BCUT2D eigenvalue weighted by molar-refractivity contribution is 7.10. The zero-order valence-electron chi connectivity index (χ0n) is 12.1. The monoisotopic (exact) mass is 322 g/mol. The molecule has 0 fully saturated rings. The number of carbonyl (C=O) groups is 1. The number of para-hydroxylation sites is 1. The van der Waals surface area contributed by atoms with Gasteiger partial charge < -0.3 is 5.32 Å². The molecule has 1 unspecified atom stereocenters. The van der Waals surface area contributed by atoms with Crippen molar-refractivity contribution in [1.82, 2.24) is 4.90 Å². The molecule has 2 aromatic rings. The number of benzene rings is 1. The predicted octanol–water partition coefficient (Wildman–Crippen LogP) is 3.58. The highest BCUT2D eigenvalue weighted by Crippen LogP contribution is 2.32. The summed E-state index contributed by atoms with van der Waals surface area (Å²) in [5, 5.41) is 4.39. The van der Waals surface area contributed by atoms with E-state index in [-0.39, 0.29) is 18.3 Å². The second-order valence-corrected chi connectivity index (χ2v) is 6.34. The first-order valence-corrected chi connectivity index (χ1v) is 7.98. The molecule has 2 heterocycles. The van der Waals surface area contributed by atoms with E-state index >= 15 is 0 Å². The van der Waals surface area contributed by atoms with Crippen molar-refractivity contribution in [2.45, 2.75) is 19.4 Å². The van der Waals surface area contributed by atoms with Crippen molar-refractivity contribution < 1.29 is 13.6 Å². The van der Waals surface area contributed by atoms with Gasteiger partial charge in [-0.25, -0.2) is 8.78 Å². The van der Waals surface area contributed by atoms with E-state index in [1.165, 1.54) is 16.5 Å². The largest absolute Gasteiger partial charge is 0.320 e. The van der Waals surface area contributed by atoms with Crippen LogP contribution < -0.4 is 5.32 Å². The van der Waals surface area contributed by atoms with Crippen LogP contribution in [0.2, 0.25) is 0 Å². The molecule has 3 nitrogen and oxygen atoms in total. The lowest BCUT2D eigenvalue weighted by molar-refractivity contribution is -0.118. The van der Waals surface area contributed by atoms with Crippen LogP contribution in [0.3, 0.4) is 0 Å². The van der Waals surface area contributed by atoms with Crippen LogP contribution in [0.4, 0.5) is 14.5 Å². The van der Waals surface area contributed by atoms with Crippen molar-refractivity contribution >= 4 is 22.9 Å². The number of amides is 1. The fraction of sp³-hybridized carbons (Fsp3) is 0.312. The van der Waals surface area contributed by atoms with Crippen molar-refractivity contribution in [3.05, 3.63) is 51.7 Å². The zero-order chi connectivity index (χ0) is 15.7. The van der Waals surface area contributed by atoms with Gasteiger partial charge in [0.05, 0.1) is 6.54 Å². The molecule has 1 aromatic carbocycles. The van der Waals surface area contributed by atoms with Gasteiger partial charge >= 0.3 is 0 Å². The Labute approximate surface area is 131 Å². The van der Waals surface area contributed by atoms with Crippen LogP contribution in [0.25, 0.3) is 0 Å². The molecule has 1 amide bonds. The lowest BCUT2D eigenvalue weighted by Gasteiger charge is -2.32. The van der Waals surface area contributed by atoms with Crippen LogP contribution in [-0.2, 0) is 11.2 Å². The van der Waals surface area contributed by atoms with E-state index in [4.69, 9.17) is 0 Å². The van der Waals surface area contributed by atoms with Gasteiger partial charge in [0, 0.05) is 17.5 Å². The number of carbonyl (C=O) groups excluding carboxylic acids is 1. The number of rotatable bonds is 3. The molecule has 1 aliphatic rings. The number of hydrogen-bond acceptors (Lipinski definition) is 3. The maximum atomic E-state index is 13.6. The smallest absolute Gasteiger partial charge is 0.238 e. The summed E-state index contributed by atoms with van der Waals surface area (Å²) in [6.07, 6.45) is 0.901. The molecule has 1 N–H and O–H groups in total. The summed E-state index contributed by atoms with van der Waals surface area (Å²) < 4.78 is 27.1. The molecule has 1 aromatic heterocycles. The molecular formula is C16H16F2N2OS. The van der Waals surface area contributed by atoms with E-state index < -0.39 is 17.5 Å². The Morgan fingerprint density at radius 3 is 2.82 bits per heavy atom. The molecule has 1 atom stereocenters. The second-order valence-electron chi connectivity index (χ2n) is 5.34. The van der Waals surface area contributed by atoms with E-state index in [0.29, 0.717) is 0 Å². The third-order valence-corrected chi connectivity index (χ3v) is 4.97. The van der Waals surface area contributed by atoms with Gasteiger partial charge in [-0.2, -0.15) is 0 Å². The van der Waals surface area contributed by atoms with E-state index in [2.05, 4.69) is 16.8 Å². The Morgan fingerprint density at radius 1 is 1.36 bits per heavy atom. The van der Waals surface area contributed by atoms with Gasteiger partial charge in [-0.05, 0) is 42.5 Å². The topological polar surface area (TPSA) is 32.3 Å². The number of nitrogens with zero attached hydrogens (tertiary/aromatic N) is 1. The van der Waals surface area contributed by atoms with Crippen molar-refractivity contribution in [3.63, 3.8) is 0 Å². The first kappa shape index (κ1) is 15.1. The van der Waals surface area contributed by atoms with Crippen molar-refractivity contribution in [2.75, 3.05) is 18.4 Å². The van der Waals surface area contributed by atoms with Crippen LogP contribution in [0, 0.1) is 11.6 Å². The third kappa shape index (κ3) is 2.89. The quantitative estimate of drug-likeness (QED) is 0.937. The Balaban J connectivity index is 1.68. The summed E-state index contributed by atoms with van der Waals surface area (Å²) in [7, 11) is 0. The lowest BCUT2D eigenvalue weighted by atomic mass is 10.0. The first-order chi connectivity index (χ1) is 10.6. The molecule has 3 rings (SSSR count). The predicted molar refractivity (Wildman–Crippen MR) is 83.0 cm³/mol. The number of anilines is 1. The van der Waals surface area contributed by atoms with E-state index in [1.54, 1.807) is 11.3 Å². The highest BCUT2D eigenvalue weighted by Gasteiger charge is 2.26. The van der Waals surface area contributed by atoms with Gasteiger partial charge in [-0.15, -0.1) is 11.3 Å². The standard InChI is InChI=1S/C16H16F2N2OS/c1-10-11-6-8-22-14(11)5-7-20(10)9-15(21)19-16-12(17)3-2-4-13(16)18/h2-4,6,8,10H,5,7,9H2,1H3,(H,19,21). The number of nitrogens with one attached hydrogen (secondary N) is 1. The van der Waals surface area contributed by atoms with Gasteiger partial charge in [-0.3, -0.25) is 9.69 Å². The highest BCUT2D eigenvalue weighted by atomic mass is 32.1. The fourth-order valence-corrected chi connectivity index (χ4v) is 3.72. The fourth-order valence-electron chi connectivity index (χ4n) is 2.76.